The van der Waals surface area contributed by atoms with Crippen LogP contribution >= 0.6 is 7.82 Å². The van der Waals surface area contributed by atoms with Crippen LogP contribution < -0.4 is 0 Å². The molecule has 100 valence electrons. The lowest BCUT2D eigenvalue weighted by molar-refractivity contribution is 0.159. The molecule has 0 N–H and O–H groups in total. The third-order valence-corrected chi connectivity index (χ3v) is 3.67. The van der Waals surface area contributed by atoms with Crippen molar-refractivity contribution in [3.8, 4) is 0 Å². The van der Waals surface area contributed by atoms with E-state index >= 15 is 0 Å². The molecule has 1 rings (SSSR count). The Balaban J connectivity index is 2.88. The van der Waals surface area contributed by atoms with Crippen LogP contribution in [0.5, 0.6) is 0 Å². The summed E-state index contributed by atoms with van der Waals surface area (Å²) < 4.78 is 27.9. The number of phosphoric acid groups is 1. The van der Waals surface area contributed by atoms with Gasteiger partial charge in [0.15, 0.2) is 0 Å². The SMILES string of the molecule is CC=C(OP(=O)(OCC)OCC)c1ccccc1. The predicted octanol–water partition coefficient (Wildman–Crippen LogP) is 4.25. The number of phosphoric ester groups is 1. The quantitative estimate of drug-likeness (QED) is 0.549. The van der Waals surface area contributed by atoms with Crippen LogP contribution in [0.25, 0.3) is 5.76 Å². The predicted molar refractivity (Wildman–Crippen MR) is 72.0 cm³/mol. The number of hydrogen-bond acceptors (Lipinski definition) is 4. The third-order valence-electron chi connectivity index (χ3n) is 2.11. The van der Waals surface area contributed by atoms with E-state index in [0.717, 1.165) is 5.56 Å². The first-order chi connectivity index (χ1) is 8.65. The average molecular weight is 270 g/mol. The Kier molecular flexibility index (Phi) is 6.13. The molecule has 0 atom stereocenters. The van der Waals surface area contributed by atoms with E-state index in [9.17, 15) is 4.57 Å². The minimum atomic E-state index is -3.53. The van der Waals surface area contributed by atoms with Crippen LogP contribution in [-0.2, 0) is 18.1 Å². The Labute approximate surface area is 108 Å². The lowest BCUT2D eigenvalue weighted by Crippen LogP contribution is -2.00. The summed E-state index contributed by atoms with van der Waals surface area (Å²) in [6, 6.07) is 9.42. The normalized spacial score (nSPS) is 12.5. The van der Waals surface area contributed by atoms with Gasteiger partial charge in [0.05, 0.1) is 13.2 Å². The van der Waals surface area contributed by atoms with Gasteiger partial charge in [0.25, 0.3) is 0 Å². The van der Waals surface area contributed by atoms with Gasteiger partial charge in [-0.25, -0.2) is 4.57 Å². The summed E-state index contributed by atoms with van der Waals surface area (Å²) in [5.74, 6) is 0.487. The molecule has 18 heavy (non-hydrogen) atoms. The van der Waals surface area contributed by atoms with Gasteiger partial charge in [0.1, 0.15) is 5.76 Å². The Hall–Kier alpha value is -1.09. The van der Waals surface area contributed by atoms with E-state index in [2.05, 4.69) is 0 Å². The van der Waals surface area contributed by atoms with E-state index in [1.165, 1.54) is 0 Å². The van der Waals surface area contributed by atoms with E-state index in [0.29, 0.717) is 5.76 Å². The van der Waals surface area contributed by atoms with E-state index < -0.39 is 7.82 Å². The third kappa shape index (κ3) is 4.30. The van der Waals surface area contributed by atoms with Gasteiger partial charge in [-0.05, 0) is 26.8 Å². The molecule has 0 unspecified atom stereocenters. The molecule has 0 saturated carbocycles. The number of rotatable bonds is 7. The minimum Gasteiger partial charge on any atom is -0.404 e. The summed E-state index contributed by atoms with van der Waals surface area (Å²) in [5.41, 5.74) is 0.833. The molecule has 0 amide bonds. The van der Waals surface area contributed by atoms with Crippen LogP contribution in [-0.4, -0.2) is 13.2 Å². The number of benzene rings is 1. The Morgan fingerprint density at radius 3 is 2.17 bits per heavy atom. The molecule has 0 fully saturated rings. The van der Waals surface area contributed by atoms with Crippen LogP contribution in [0.4, 0.5) is 0 Å². The van der Waals surface area contributed by atoms with Crippen LogP contribution in [0.15, 0.2) is 36.4 Å². The molecule has 0 heterocycles. The zero-order valence-corrected chi connectivity index (χ0v) is 11.9. The number of hydrogen-bond donors (Lipinski definition) is 0. The summed E-state index contributed by atoms with van der Waals surface area (Å²) in [4.78, 5) is 0. The fourth-order valence-electron chi connectivity index (χ4n) is 1.40. The standard InChI is InChI=1S/C13H19O4P/c1-4-13(12-10-8-7-9-11-12)17-18(14,15-5-2)16-6-3/h4,7-11H,5-6H2,1-3H3. The molecule has 5 heteroatoms. The van der Waals surface area contributed by atoms with Crippen LogP contribution in [0.3, 0.4) is 0 Å². The zero-order valence-electron chi connectivity index (χ0n) is 11.0. The van der Waals surface area contributed by atoms with Crippen molar-refractivity contribution in [3.63, 3.8) is 0 Å². The fraction of sp³-hybridized carbons (Fsp3) is 0.385. The van der Waals surface area contributed by atoms with Gasteiger partial charge in [0, 0.05) is 5.56 Å². The van der Waals surface area contributed by atoms with E-state index in [-0.39, 0.29) is 13.2 Å². The van der Waals surface area contributed by atoms with E-state index in [1.54, 1.807) is 19.9 Å². The van der Waals surface area contributed by atoms with Gasteiger partial charge >= 0.3 is 7.82 Å². The molecule has 0 saturated heterocycles. The Morgan fingerprint density at radius 2 is 1.72 bits per heavy atom. The maximum absolute atomic E-state index is 12.2. The van der Waals surface area contributed by atoms with Crippen molar-refractivity contribution in [3.05, 3.63) is 42.0 Å². The highest BCUT2D eigenvalue weighted by Gasteiger charge is 2.28. The largest absolute Gasteiger partial charge is 0.530 e. The average Bonchev–Trinajstić information content (AvgIpc) is 2.38. The first-order valence-corrected chi connectivity index (χ1v) is 7.41. The highest BCUT2D eigenvalue weighted by Crippen LogP contribution is 2.52. The summed E-state index contributed by atoms with van der Waals surface area (Å²) in [6.45, 7) is 5.83. The zero-order chi connectivity index (χ0) is 13.4. The van der Waals surface area contributed by atoms with Crippen molar-refractivity contribution in [1.29, 1.82) is 0 Å². The molecular weight excluding hydrogens is 251 g/mol. The van der Waals surface area contributed by atoms with Crippen molar-refractivity contribution in [2.24, 2.45) is 0 Å². The second-order valence-corrected chi connectivity index (χ2v) is 4.99. The molecule has 0 aliphatic heterocycles. The smallest absolute Gasteiger partial charge is 0.404 e. The molecule has 0 aliphatic carbocycles. The lowest BCUT2D eigenvalue weighted by Gasteiger charge is -2.19. The summed E-state index contributed by atoms with van der Waals surface area (Å²) in [6.07, 6.45) is 1.74. The first-order valence-electron chi connectivity index (χ1n) is 5.95. The molecule has 1 aromatic rings. The van der Waals surface area contributed by atoms with Crippen LogP contribution in [0, 0.1) is 0 Å². The van der Waals surface area contributed by atoms with Crippen molar-refractivity contribution in [2.75, 3.05) is 13.2 Å². The van der Waals surface area contributed by atoms with Crippen LogP contribution in [0.2, 0.25) is 0 Å². The Morgan fingerprint density at radius 1 is 1.17 bits per heavy atom. The first kappa shape index (κ1) is 15.0. The maximum Gasteiger partial charge on any atom is 0.530 e. The summed E-state index contributed by atoms with van der Waals surface area (Å²) in [7, 11) is -3.53. The molecular formula is C13H19O4P. The molecule has 4 nitrogen and oxygen atoms in total. The lowest BCUT2D eigenvalue weighted by atomic mass is 10.2. The molecule has 0 radical (unpaired) electrons. The van der Waals surface area contributed by atoms with Crippen molar-refractivity contribution < 1.29 is 18.1 Å². The number of allylic oxidation sites excluding steroid dienone is 1. The fourth-order valence-corrected chi connectivity index (χ4v) is 2.67. The van der Waals surface area contributed by atoms with Gasteiger partial charge < -0.3 is 4.52 Å². The second kappa shape index (κ2) is 7.37. The molecule has 0 aromatic heterocycles. The summed E-state index contributed by atoms with van der Waals surface area (Å²) in [5, 5.41) is 0. The summed E-state index contributed by atoms with van der Waals surface area (Å²) >= 11 is 0. The van der Waals surface area contributed by atoms with Gasteiger partial charge in [0.2, 0.25) is 0 Å². The van der Waals surface area contributed by atoms with Crippen LogP contribution in [0.1, 0.15) is 26.3 Å². The topological polar surface area (TPSA) is 44.8 Å². The van der Waals surface area contributed by atoms with Gasteiger partial charge in [-0.1, -0.05) is 30.3 Å². The van der Waals surface area contributed by atoms with E-state index in [4.69, 9.17) is 13.6 Å². The van der Waals surface area contributed by atoms with Crippen molar-refractivity contribution in [2.45, 2.75) is 20.8 Å². The van der Waals surface area contributed by atoms with Crippen molar-refractivity contribution >= 4 is 13.6 Å². The van der Waals surface area contributed by atoms with Gasteiger partial charge in [-0.2, -0.15) is 0 Å². The molecule has 0 bridgehead atoms. The molecule has 0 spiro atoms. The van der Waals surface area contributed by atoms with Gasteiger partial charge in [-0.15, -0.1) is 0 Å². The van der Waals surface area contributed by atoms with Gasteiger partial charge in [-0.3, -0.25) is 9.05 Å². The maximum atomic E-state index is 12.2. The molecule has 0 aliphatic rings. The second-order valence-electron chi connectivity index (χ2n) is 3.39. The highest BCUT2D eigenvalue weighted by molar-refractivity contribution is 7.48. The molecule has 1 aromatic carbocycles. The monoisotopic (exact) mass is 270 g/mol. The van der Waals surface area contributed by atoms with E-state index in [1.807, 2.05) is 37.3 Å². The highest BCUT2D eigenvalue weighted by atomic mass is 31.2. The van der Waals surface area contributed by atoms with Crippen molar-refractivity contribution in [1.82, 2.24) is 0 Å². The Bertz CT molecular complexity index is 418. The minimum absolute atomic E-state index is 0.267.